The Balaban J connectivity index is 1.96. The second kappa shape index (κ2) is 4.20. The first kappa shape index (κ1) is 9.82. The van der Waals surface area contributed by atoms with Gasteiger partial charge < -0.3 is 0 Å². The van der Waals surface area contributed by atoms with Gasteiger partial charge in [-0.05, 0) is 26.3 Å². The zero-order valence-corrected chi connectivity index (χ0v) is 9.05. The fourth-order valence-electron chi connectivity index (χ4n) is 1.78. The summed E-state index contributed by atoms with van der Waals surface area (Å²) in [5, 5.41) is 9.70. The minimum Gasteiger partial charge on any atom is -0.298 e. The second-order valence-corrected chi connectivity index (χ2v) is 4.67. The van der Waals surface area contributed by atoms with E-state index in [-0.39, 0.29) is 0 Å². The Hall–Kier alpha value is -0.720. The third-order valence-electron chi connectivity index (χ3n) is 2.62. The van der Waals surface area contributed by atoms with E-state index in [1.165, 1.54) is 30.7 Å². The van der Waals surface area contributed by atoms with Crippen LogP contribution in [0.4, 0.5) is 5.13 Å². The molecule has 0 spiro atoms. The highest BCUT2D eigenvalue weighted by Gasteiger charge is 2.21. The number of nitrogens with zero attached hydrogens (tertiary/aromatic N) is 3. The van der Waals surface area contributed by atoms with Crippen molar-refractivity contribution < 1.29 is 0 Å². The van der Waals surface area contributed by atoms with E-state index in [1.807, 2.05) is 0 Å². The Bertz CT molecular complexity index is 300. The summed E-state index contributed by atoms with van der Waals surface area (Å²) >= 11 is 1.52. The van der Waals surface area contributed by atoms with Gasteiger partial charge in [0.05, 0.1) is 6.54 Å². The van der Waals surface area contributed by atoms with Crippen LogP contribution in [-0.2, 0) is 6.54 Å². The zero-order valence-electron chi connectivity index (χ0n) is 8.23. The lowest BCUT2D eigenvalue weighted by Gasteiger charge is -2.18. The van der Waals surface area contributed by atoms with E-state index < -0.39 is 0 Å². The van der Waals surface area contributed by atoms with Crippen molar-refractivity contribution in [3.63, 3.8) is 0 Å². The lowest BCUT2D eigenvalue weighted by atomic mass is 10.2. The Morgan fingerprint density at radius 1 is 1.64 bits per heavy atom. The van der Waals surface area contributed by atoms with Crippen LogP contribution in [0.2, 0.25) is 0 Å². The maximum atomic E-state index is 5.24. The molecule has 1 saturated heterocycles. The van der Waals surface area contributed by atoms with Crippen LogP contribution < -0.4 is 11.3 Å². The van der Waals surface area contributed by atoms with Crippen LogP contribution in [0.3, 0.4) is 0 Å². The molecule has 0 radical (unpaired) electrons. The molecule has 2 heterocycles. The van der Waals surface area contributed by atoms with Crippen LogP contribution >= 0.6 is 11.3 Å². The number of likely N-dealkylation sites (tertiary alicyclic amines) is 1. The molecule has 1 atom stereocenters. The summed E-state index contributed by atoms with van der Waals surface area (Å²) in [6.07, 6.45) is 2.59. The normalized spacial score (nSPS) is 22.9. The minimum absolute atomic E-state index is 0.674. The summed E-state index contributed by atoms with van der Waals surface area (Å²) in [6.45, 7) is 4.34. The van der Waals surface area contributed by atoms with E-state index in [4.69, 9.17) is 5.84 Å². The van der Waals surface area contributed by atoms with Gasteiger partial charge in [0.2, 0.25) is 5.13 Å². The fraction of sp³-hybridized carbons (Fsp3) is 0.750. The highest BCUT2D eigenvalue weighted by atomic mass is 32.1. The number of hydrogen-bond donors (Lipinski definition) is 2. The van der Waals surface area contributed by atoms with Crippen molar-refractivity contribution in [3.8, 4) is 0 Å². The molecule has 1 aliphatic rings. The molecular weight excluding hydrogens is 198 g/mol. The van der Waals surface area contributed by atoms with Crippen molar-refractivity contribution in [2.75, 3.05) is 12.0 Å². The molecule has 78 valence electrons. The van der Waals surface area contributed by atoms with Crippen LogP contribution in [0.25, 0.3) is 0 Å². The summed E-state index contributed by atoms with van der Waals surface area (Å²) in [4.78, 5) is 2.43. The van der Waals surface area contributed by atoms with Gasteiger partial charge in [0.25, 0.3) is 0 Å². The zero-order chi connectivity index (χ0) is 9.97. The number of nitrogens with two attached hydrogens (primary N) is 1. The Morgan fingerprint density at radius 2 is 2.50 bits per heavy atom. The van der Waals surface area contributed by atoms with E-state index in [1.54, 1.807) is 0 Å². The van der Waals surface area contributed by atoms with Gasteiger partial charge in [0.1, 0.15) is 5.01 Å². The van der Waals surface area contributed by atoms with Gasteiger partial charge in [-0.15, -0.1) is 10.2 Å². The smallest absolute Gasteiger partial charge is 0.219 e. The second-order valence-electron chi connectivity index (χ2n) is 3.61. The number of anilines is 1. The van der Waals surface area contributed by atoms with Crippen molar-refractivity contribution in [1.82, 2.24) is 15.1 Å². The molecule has 5 nitrogen and oxygen atoms in total. The third-order valence-corrected chi connectivity index (χ3v) is 3.46. The SMILES string of the molecule is CC1CCCN1Cc1nnc(NN)s1. The molecule has 14 heavy (non-hydrogen) atoms. The molecule has 1 unspecified atom stereocenters. The maximum absolute atomic E-state index is 5.24. The van der Waals surface area contributed by atoms with Gasteiger partial charge >= 0.3 is 0 Å². The van der Waals surface area contributed by atoms with Crippen molar-refractivity contribution in [3.05, 3.63) is 5.01 Å². The first-order valence-electron chi connectivity index (χ1n) is 4.82. The lowest BCUT2D eigenvalue weighted by Crippen LogP contribution is -2.26. The molecule has 0 bridgehead atoms. The molecule has 1 aromatic heterocycles. The van der Waals surface area contributed by atoms with Crippen molar-refractivity contribution >= 4 is 16.5 Å². The van der Waals surface area contributed by atoms with Gasteiger partial charge in [-0.25, -0.2) is 5.84 Å². The van der Waals surface area contributed by atoms with Crippen LogP contribution in [0.5, 0.6) is 0 Å². The van der Waals surface area contributed by atoms with Crippen molar-refractivity contribution in [1.29, 1.82) is 0 Å². The summed E-state index contributed by atoms with van der Waals surface area (Å²) in [7, 11) is 0. The van der Waals surface area contributed by atoms with E-state index in [0.29, 0.717) is 11.2 Å². The molecule has 0 saturated carbocycles. The Labute approximate surface area is 87.3 Å². The number of hydrazine groups is 1. The average molecular weight is 213 g/mol. The number of rotatable bonds is 3. The van der Waals surface area contributed by atoms with Crippen molar-refractivity contribution in [2.24, 2.45) is 5.84 Å². The van der Waals surface area contributed by atoms with Crippen LogP contribution in [-0.4, -0.2) is 27.7 Å². The predicted octanol–water partition coefficient (Wildman–Crippen LogP) is 0.808. The van der Waals surface area contributed by atoms with Gasteiger partial charge in [-0.1, -0.05) is 11.3 Å². The van der Waals surface area contributed by atoms with Gasteiger partial charge in [0.15, 0.2) is 0 Å². The molecule has 0 amide bonds. The quantitative estimate of drug-likeness (QED) is 0.574. The Morgan fingerprint density at radius 3 is 3.07 bits per heavy atom. The molecule has 3 N–H and O–H groups in total. The molecular formula is C8H15N5S. The third kappa shape index (κ3) is 2.02. The number of aromatic nitrogens is 2. The van der Waals surface area contributed by atoms with Gasteiger partial charge in [-0.2, -0.15) is 0 Å². The minimum atomic E-state index is 0.674. The standard InChI is InChI=1S/C8H15N5S/c1-6-3-2-4-13(6)5-7-11-12-8(10-9)14-7/h6H,2-5,9H2,1H3,(H,10,12). The Kier molecular flexibility index (Phi) is 2.95. The molecule has 0 aliphatic carbocycles. The number of nitrogen functional groups attached to an aromatic ring is 1. The molecule has 1 fully saturated rings. The van der Waals surface area contributed by atoms with Crippen LogP contribution in [0.15, 0.2) is 0 Å². The average Bonchev–Trinajstić information content (AvgIpc) is 2.77. The van der Waals surface area contributed by atoms with E-state index >= 15 is 0 Å². The summed E-state index contributed by atoms with van der Waals surface area (Å²) in [6, 6.07) is 0.674. The fourth-order valence-corrected chi connectivity index (χ4v) is 2.45. The first-order valence-corrected chi connectivity index (χ1v) is 5.64. The van der Waals surface area contributed by atoms with Crippen LogP contribution in [0, 0.1) is 0 Å². The van der Waals surface area contributed by atoms with E-state index in [0.717, 1.165) is 11.6 Å². The number of nitrogens with one attached hydrogen (secondary N) is 1. The number of hydrogen-bond acceptors (Lipinski definition) is 6. The molecule has 0 aromatic carbocycles. The molecule has 1 aliphatic heterocycles. The van der Waals surface area contributed by atoms with Crippen molar-refractivity contribution in [2.45, 2.75) is 32.4 Å². The molecule has 6 heteroatoms. The summed E-state index contributed by atoms with van der Waals surface area (Å²) < 4.78 is 0. The topological polar surface area (TPSA) is 67.1 Å². The van der Waals surface area contributed by atoms with Gasteiger partial charge in [-0.3, -0.25) is 10.3 Å². The monoisotopic (exact) mass is 213 g/mol. The van der Waals surface area contributed by atoms with E-state index in [2.05, 4.69) is 27.4 Å². The highest BCUT2D eigenvalue weighted by Crippen LogP contribution is 2.22. The van der Waals surface area contributed by atoms with E-state index in [9.17, 15) is 0 Å². The molecule has 1 aromatic rings. The lowest BCUT2D eigenvalue weighted by molar-refractivity contribution is 0.259. The summed E-state index contributed by atoms with van der Waals surface area (Å²) in [5.41, 5.74) is 2.51. The van der Waals surface area contributed by atoms with Crippen LogP contribution in [0.1, 0.15) is 24.8 Å². The predicted molar refractivity (Wildman–Crippen MR) is 56.8 cm³/mol. The van der Waals surface area contributed by atoms with Gasteiger partial charge in [0, 0.05) is 6.04 Å². The molecule has 2 rings (SSSR count). The largest absolute Gasteiger partial charge is 0.298 e. The highest BCUT2D eigenvalue weighted by molar-refractivity contribution is 7.15. The first-order chi connectivity index (χ1) is 6.79. The summed E-state index contributed by atoms with van der Waals surface area (Å²) in [5.74, 6) is 5.24. The maximum Gasteiger partial charge on any atom is 0.219 e.